The van der Waals surface area contributed by atoms with Crippen molar-refractivity contribution in [1.82, 2.24) is 9.88 Å². The molecular weight excluding hydrogens is 290 g/mol. The standard InChI is InChI=1S/C18H21N3O2/c1-23-17-4-2-16(3-5-17)20-18(22)21-12-8-15(9-13-21)14-6-10-19-11-7-14/h2-7,10-11,15H,8-9,12-13H2,1H3,(H,20,22). The van der Waals surface area contributed by atoms with Crippen LogP contribution in [0.4, 0.5) is 10.5 Å². The Morgan fingerprint density at radius 3 is 2.39 bits per heavy atom. The maximum Gasteiger partial charge on any atom is 0.321 e. The quantitative estimate of drug-likeness (QED) is 0.944. The van der Waals surface area contributed by atoms with Crippen LogP contribution in [0.15, 0.2) is 48.8 Å². The monoisotopic (exact) mass is 311 g/mol. The molecule has 0 bridgehead atoms. The molecule has 2 aromatic rings. The second-order valence-electron chi connectivity index (χ2n) is 5.70. The minimum atomic E-state index is -0.0386. The van der Waals surface area contributed by atoms with Gasteiger partial charge in [-0.1, -0.05) is 0 Å². The summed E-state index contributed by atoms with van der Waals surface area (Å²) in [5.74, 6) is 1.30. The molecular formula is C18H21N3O2. The van der Waals surface area contributed by atoms with Crippen LogP contribution >= 0.6 is 0 Å². The van der Waals surface area contributed by atoms with Crippen LogP contribution in [0.3, 0.4) is 0 Å². The molecule has 1 aliphatic rings. The highest BCUT2D eigenvalue weighted by Crippen LogP contribution is 2.27. The Hall–Kier alpha value is -2.56. The lowest BCUT2D eigenvalue weighted by molar-refractivity contribution is 0.194. The third-order valence-corrected chi connectivity index (χ3v) is 4.30. The molecule has 1 aromatic heterocycles. The fourth-order valence-corrected chi connectivity index (χ4v) is 2.93. The van der Waals surface area contributed by atoms with Crippen LogP contribution in [0.25, 0.3) is 0 Å². The molecule has 1 aliphatic heterocycles. The Labute approximate surface area is 136 Å². The summed E-state index contributed by atoms with van der Waals surface area (Å²) in [4.78, 5) is 18.3. The molecule has 5 heteroatoms. The minimum Gasteiger partial charge on any atom is -0.497 e. The number of ether oxygens (including phenoxy) is 1. The van der Waals surface area contributed by atoms with Gasteiger partial charge in [-0.25, -0.2) is 4.79 Å². The van der Waals surface area contributed by atoms with Gasteiger partial charge in [0.05, 0.1) is 7.11 Å². The van der Waals surface area contributed by atoms with Gasteiger partial charge in [-0.05, 0) is 60.7 Å². The van der Waals surface area contributed by atoms with Crippen molar-refractivity contribution in [2.75, 3.05) is 25.5 Å². The van der Waals surface area contributed by atoms with E-state index in [0.717, 1.165) is 37.4 Å². The summed E-state index contributed by atoms with van der Waals surface area (Å²) in [5, 5.41) is 2.94. The van der Waals surface area contributed by atoms with Crippen molar-refractivity contribution in [3.8, 4) is 5.75 Å². The number of urea groups is 1. The number of amides is 2. The molecule has 1 fully saturated rings. The number of piperidine rings is 1. The molecule has 2 heterocycles. The zero-order valence-corrected chi connectivity index (χ0v) is 13.2. The van der Waals surface area contributed by atoms with Crippen LogP contribution in [0.1, 0.15) is 24.3 Å². The lowest BCUT2D eigenvalue weighted by atomic mass is 9.90. The third kappa shape index (κ3) is 3.80. The third-order valence-electron chi connectivity index (χ3n) is 4.30. The lowest BCUT2D eigenvalue weighted by Crippen LogP contribution is -2.40. The van der Waals surface area contributed by atoms with Gasteiger partial charge >= 0.3 is 6.03 Å². The van der Waals surface area contributed by atoms with E-state index in [1.807, 2.05) is 41.6 Å². The molecule has 0 aliphatic carbocycles. The van der Waals surface area contributed by atoms with E-state index in [1.165, 1.54) is 5.56 Å². The maximum atomic E-state index is 12.3. The largest absolute Gasteiger partial charge is 0.497 e. The van der Waals surface area contributed by atoms with Crippen molar-refractivity contribution in [1.29, 1.82) is 0 Å². The number of likely N-dealkylation sites (tertiary alicyclic amines) is 1. The highest BCUT2D eigenvalue weighted by Gasteiger charge is 2.23. The van der Waals surface area contributed by atoms with Crippen LogP contribution in [0.2, 0.25) is 0 Å². The Kier molecular flexibility index (Phi) is 4.76. The number of aromatic nitrogens is 1. The van der Waals surface area contributed by atoms with Gasteiger partial charge in [0.25, 0.3) is 0 Å². The molecule has 0 saturated carbocycles. The van der Waals surface area contributed by atoms with Crippen molar-refractivity contribution < 1.29 is 9.53 Å². The predicted octanol–water partition coefficient (Wildman–Crippen LogP) is 3.50. The fraction of sp³-hybridized carbons (Fsp3) is 0.333. The highest BCUT2D eigenvalue weighted by atomic mass is 16.5. The summed E-state index contributed by atoms with van der Waals surface area (Å²) in [5.41, 5.74) is 2.10. The van der Waals surface area contributed by atoms with E-state index in [1.54, 1.807) is 7.11 Å². The first kappa shape index (κ1) is 15.3. The smallest absolute Gasteiger partial charge is 0.321 e. The molecule has 5 nitrogen and oxygen atoms in total. The molecule has 1 aromatic carbocycles. The van der Waals surface area contributed by atoms with Gasteiger partial charge in [0.2, 0.25) is 0 Å². The number of hydrogen-bond donors (Lipinski definition) is 1. The average Bonchev–Trinajstić information content (AvgIpc) is 2.63. The summed E-state index contributed by atoms with van der Waals surface area (Å²) in [6.45, 7) is 1.55. The van der Waals surface area contributed by atoms with Gasteiger partial charge < -0.3 is 15.0 Å². The van der Waals surface area contributed by atoms with Crippen LogP contribution in [0, 0.1) is 0 Å². The van der Waals surface area contributed by atoms with E-state index >= 15 is 0 Å². The van der Waals surface area contributed by atoms with Gasteiger partial charge in [0, 0.05) is 31.2 Å². The van der Waals surface area contributed by atoms with Crippen LogP contribution in [-0.4, -0.2) is 36.1 Å². The Balaban J connectivity index is 1.53. The molecule has 23 heavy (non-hydrogen) atoms. The van der Waals surface area contributed by atoms with Crippen LogP contribution < -0.4 is 10.1 Å². The number of rotatable bonds is 3. The summed E-state index contributed by atoms with van der Waals surface area (Å²) < 4.78 is 5.12. The van der Waals surface area contributed by atoms with Gasteiger partial charge in [-0.15, -0.1) is 0 Å². The molecule has 3 rings (SSSR count). The molecule has 0 radical (unpaired) electrons. The Morgan fingerprint density at radius 2 is 1.78 bits per heavy atom. The fourth-order valence-electron chi connectivity index (χ4n) is 2.93. The summed E-state index contributed by atoms with van der Waals surface area (Å²) in [7, 11) is 1.63. The van der Waals surface area contributed by atoms with E-state index in [9.17, 15) is 4.79 Å². The summed E-state index contributed by atoms with van der Waals surface area (Å²) in [6, 6.07) is 11.5. The van der Waals surface area contributed by atoms with E-state index in [-0.39, 0.29) is 6.03 Å². The second-order valence-corrected chi connectivity index (χ2v) is 5.70. The number of nitrogens with one attached hydrogen (secondary N) is 1. The van der Waals surface area contributed by atoms with E-state index < -0.39 is 0 Å². The lowest BCUT2D eigenvalue weighted by Gasteiger charge is -2.32. The van der Waals surface area contributed by atoms with Crippen LogP contribution in [0.5, 0.6) is 5.75 Å². The number of hydrogen-bond acceptors (Lipinski definition) is 3. The van der Waals surface area contributed by atoms with E-state index in [0.29, 0.717) is 5.92 Å². The normalized spacial score (nSPS) is 15.3. The van der Waals surface area contributed by atoms with Crippen molar-refractivity contribution >= 4 is 11.7 Å². The average molecular weight is 311 g/mol. The zero-order valence-electron chi connectivity index (χ0n) is 13.2. The molecule has 1 N–H and O–H groups in total. The van der Waals surface area contributed by atoms with Crippen molar-refractivity contribution in [2.24, 2.45) is 0 Å². The molecule has 0 spiro atoms. The predicted molar refractivity (Wildman–Crippen MR) is 89.8 cm³/mol. The number of pyridine rings is 1. The number of anilines is 1. The van der Waals surface area contributed by atoms with Gasteiger partial charge in [0.15, 0.2) is 0 Å². The second kappa shape index (κ2) is 7.13. The Bertz CT molecular complexity index is 635. The summed E-state index contributed by atoms with van der Waals surface area (Å²) >= 11 is 0. The van der Waals surface area contributed by atoms with E-state index in [2.05, 4.69) is 22.4 Å². The molecule has 2 amide bonds. The van der Waals surface area contributed by atoms with Crippen LogP contribution in [-0.2, 0) is 0 Å². The zero-order chi connectivity index (χ0) is 16.1. The molecule has 120 valence electrons. The first-order valence-corrected chi connectivity index (χ1v) is 7.86. The first-order chi connectivity index (χ1) is 11.3. The highest BCUT2D eigenvalue weighted by molar-refractivity contribution is 5.89. The SMILES string of the molecule is COc1ccc(NC(=O)N2CCC(c3ccncc3)CC2)cc1. The van der Waals surface area contributed by atoms with Crippen molar-refractivity contribution in [3.05, 3.63) is 54.4 Å². The van der Waals surface area contributed by atoms with Gasteiger partial charge in [-0.2, -0.15) is 0 Å². The van der Waals surface area contributed by atoms with Crippen molar-refractivity contribution in [3.63, 3.8) is 0 Å². The minimum absolute atomic E-state index is 0.0386. The molecule has 0 unspecified atom stereocenters. The number of carbonyl (C=O) groups excluding carboxylic acids is 1. The number of carbonyl (C=O) groups is 1. The molecule has 1 saturated heterocycles. The first-order valence-electron chi connectivity index (χ1n) is 7.86. The van der Waals surface area contributed by atoms with Gasteiger partial charge in [0.1, 0.15) is 5.75 Å². The number of nitrogens with zero attached hydrogens (tertiary/aromatic N) is 2. The van der Waals surface area contributed by atoms with Crippen molar-refractivity contribution in [2.45, 2.75) is 18.8 Å². The number of benzene rings is 1. The Morgan fingerprint density at radius 1 is 1.13 bits per heavy atom. The van der Waals surface area contributed by atoms with Gasteiger partial charge in [-0.3, -0.25) is 4.98 Å². The molecule has 0 atom stereocenters. The topological polar surface area (TPSA) is 54.5 Å². The number of methoxy groups -OCH3 is 1. The van der Waals surface area contributed by atoms with E-state index in [4.69, 9.17) is 4.74 Å². The summed E-state index contributed by atoms with van der Waals surface area (Å²) in [6.07, 6.45) is 5.64. The maximum absolute atomic E-state index is 12.3.